The highest BCUT2D eigenvalue weighted by molar-refractivity contribution is 5.80. The van der Waals surface area contributed by atoms with Crippen molar-refractivity contribution in [3.63, 3.8) is 0 Å². The Morgan fingerprint density at radius 1 is 1.10 bits per heavy atom. The zero-order valence-corrected chi connectivity index (χ0v) is 24.0. The topological polar surface area (TPSA) is 72.3 Å². The van der Waals surface area contributed by atoms with Gasteiger partial charge < -0.3 is 15.0 Å². The predicted molar refractivity (Wildman–Crippen MR) is 156 cm³/mol. The molecule has 2 aromatic carbocycles. The van der Waals surface area contributed by atoms with Crippen LogP contribution in [0.15, 0.2) is 30.3 Å². The third-order valence-electron chi connectivity index (χ3n) is 8.77. The van der Waals surface area contributed by atoms with Gasteiger partial charge in [0.05, 0.1) is 18.5 Å². The summed E-state index contributed by atoms with van der Waals surface area (Å²) < 4.78 is 7.44. The first-order valence-corrected chi connectivity index (χ1v) is 15.1. The smallest absolute Gasteiger partial charge is 0.306 e. The number of fused-ring (bicyclic) bond motifs is 2. The lowest BCUT2D eigenvalue weighted by molar-refractivity contribution is -0.143. The van der Waals surface area contributed by atoms with E-state index in [4.69, 9.17) is 4.74 Å². The van der Waals surface area contributed by atoms with Gasteiger partial charge in [-0.2, -0.15) is 0 Å². The van der Waals surface area contributed by atoms with Crippen molar-refractivity contribution in [2.24, 2.45) is 5.92 Å². The number of nitrogens with zero attached hydrogens (tertiary/aromatic N) is 4. The molecule has 3 aromatic rings. The van der Waals surface area contributed by atoms with Crippen molar-refractivity contribution in [2.75, 3.05) is 32.8 Å². The zero-order valence-electron chi connectivity index (χ0n) is 24.0. The third-order valence-corrected chi connectivity index (χ3v) is 8.77. The summed E-state index contributed by atoms with van der Waals surface area (Å²) in [6.45, 7) is 13.3. The molecule has 1 unspecified atom stereocenters. The van der Waals surface area contributed by atoms with Gasteiger partial charge in [0.2, 0.25) is 0 Å². The van der Waals surface area contributed by atoms with E-state index in [9.17, 15) is 4.79 Å². The van der Waals surface area contributed by atoms with E-state index < -0.39 is 0 Å². The maximum atomic E-state index is 12.7. The lowest BCUT2D eigenvalue weighted by Crippen LogP contribution is -2.33. The molecule has 0 aliphatic carbocycles. The Balaban J connectivity index is 1.29. The van der Waals surface area contributed by atoms with Gasteiger partial charge in [0, 0.05) is 19.0 Å². The molecule has 2 aliphatic rings. The number of aryl methyl sites for hydroxylation is 2. The molecule has 1 N–H and O–H groups in total. The Morgan fingerprint density at radius 2 is 1.92 bits per heavy atom. The molecule has 0 radical (unpaired) electrons. The number of esters is 1. The molecule has 2 aliphatic heterocycles. The molecule has 5 rings (SSSR count). The summed E-state index contributed by atoms with van der Waals surface area (Å²) in [5.41, 5.74) is 8.11. The monoisotopic (exact) mass is 531 g/mol. The van der Waals surface area contributed by atoms with E-state index >= 15 is 0 Å². The highest BCUT2D eigenvalue weighted by atomic mass is 16.5. The molecule has 0 saturated carbocycles. The highest BCUT2D eigenvalue weighted by Crippen LogP contribution is 2.35. The third kappa shape index (κ3) is 6.69. The average Bonchev–Trinajstić information content (AvgIpc) is 3.37. The Bertz CT molecular complexity index is 1260. The molecule has 210 valence electrons. The number of aromatic nitrogens is 3. The quantitative estimate of drug-likeness (QED) is 0.265. The molecule has 1 atom stereocenters. The number of nitrogens with one attached hydrogen (secondary N) is 1. The average molecular weight is 532 g/mol. The fourth-order valence-electron chi connectivity index (χ4n) is 6.30. The fourth-order valence-corrected chi connectivity index (χ4v) is 6.30. The SMILES string of the molecule is CCOC(=O)CC(c1ccc2c(c1)CNCC2)c1ccc2c(nnn2CCCCCN2CCC(C)CC2)c1C. The molecule has 0 bridgehead atoms. The van der Waals surface area contributed by atoms with E-state index in [1.165, 1.54) is 56.4 Å². The lowest BCUT2D eigenvalue weighted by atomic mass is 9.83. The van der Waals surface area contributed by atoms with Crippen LogP contribution in [-0.4, -0.2) is 58.6 Å². The molecule has 3 heterocycles. The second kappa shape index (κ2) is 13.1. The minimum Gasteiger partial charge on any atom is -0.466 e. The summed E-state index contributed by atoms with van der Waals surface area (Å²) in [5, 5.41) is 12.6. The van der Waals surface area contributed by atoms with Gasteiger partial charge in [0.25, 0.3) is 0 Å². The molecule has 39 heavy (non-hydrogen) atoms. The van der Waals surface area contributed by atoms with Crippen LogP contribution in [0.2, 0.25) is 0 Å². The van der Waals surface area contributed by atoms with Gasteiger partial charge in [0.1, 0.15) is 5.52 Å². The van der Waals surface area contributed by atoms with E-state index in [1.54, 1.807) is 0 Å². The van der Waals surface area contributed by atoms with E-state index in [0.29, 0.717) is 13.0 Å². The normalized spacial score (nSPS) is 17.3. The highest BCUT2D eigenvalue weighted by Gasteiger charge is 2.24. The maximum Gasteiger partial charge on any atom is 0.306 e. The summed E-state index contributed by atoms with van der Waals surface area (Å²) >= 11 is 0. The van der Waals surface area contributed by atoms with Crippen molar-refractivity contribution in [3.8, 4) is 0 Å². The van der Waals surface area contributed by atoms with Crippen LogP contribution in [0.1, 0.15) is 86.1 Å². The Kier molecular flexibility index (Phi) is 9.30. The molecule has 0 amide bonds. The van der Waals surface area contributed by atoms with E-state index in [-0.39, 0.29) is 11.9 Å². The van der Waals surface area contributed by atoms with Crippen LogP contribution in [0.25, 0.3) is 11.0 Å². The summed E-state index contributed by atoms with van der Waals surface area (Å²) in [5.74, 6) is 0.644. The first kappa shape index (κ1) is 27.8. The number of ether oxygens (including phenoxy) is 1. The van der Waals surface area contributed by atoms with Crippen LogP contribution >= 0.6 is 0 Å². The summed E-state index contributed by atoms with van der Waals surface area (Å²) in [7, 11) is 0. The van der Waals surface area contributed by atoms with Crippen LogP contribution < -0.4 is 5.32 Å². The van der Waals surface area contributed by atoms with Gasteiger partial charge in [-0.05, 0) is 112 Å². The molecule has 1 fully saturated rings. The molecule has 1 aromatic heterocycles. The lowest BCUT2D eigenvalue weighted by Gasteiger charge is -2.30. The Morgan fingerprint density at radius 3 is 2.74 bits per heavy atom. The fraction of sp³-hybridized carbons (Fsp3) is 0.594. The van der Waals surface area contributed by atoms with Crippen LogP contribution in [-0.2, 0) is 29.0 Å². The van der Waals surface area contributed by atoms with E-state index in [1.807, 2.05) is 6.92 Å². The predicted octanol–water partition coefficient (Wildman–Crippen LogP) is 5.37. The number of unbranched alkanes of at least 4 members (excludes halogenated alkanes) is 2. The number of carbonyl (C=O) groups excluding carboxylic acids is 1. The molecule has 0 spiro atoms. The molecular weight excluding hydrogens is 486 g/mol. The Labute approximate surface area is 233 Å². The van der Waals surface area contributed by atoms with E-state index in [0.717, 1.165) is 66.1 Å². The molecule has 7 nitrogen and oxygen atoms in total. The van der Waals surface area contributed by atoms with Gasteiger partial charge in [-0.3, -0.25) is 4.79 Å². The summed E-state index contributed by atoms with van der Waals surface area (Å²) in [6, 6.07) is 11.0. The van der Waals surface area contributed by atoms with Gasteiger partial charge in [0.15, 0.2) is 0 Å². The first-order valence-electron chi connectivity index (χ1n) is 15.1. The standard InChI is InChI=1S/C32H45N5O2/c1-4-39-31(38)21-29(26-9-8-25-12-15-33-22-27(25)20-26)28-10-11-30-32(24(28)3)34-35-37(30)17-7-5-6-16-36-18-13-23(2)14-19-36/h8-11,20,23,29,33H,4-7,12-19,21-22H2,1-3H3. The number of carbonyl (C=O) groups is 1. The minimum absolute atomic E-state index is 0.0800. The number of benzene rings is 2. The van der Waals surface area contributed by atoms with Crippen molar-refractivity contribution in [1.82, 2.24) is 25.2 Å². The van der Waals surface area contributed by atoms with Gasteiger partial charge >= 0.3 is 5.97 Å². The number of rotatable bonds is 11. The second-order valence-electron chi connectivity index (χ2n) is 11.6. The van der Waals surface area contributed by atoms with Crippen LogP contribution in [0.3, 0.4) is 0 Å². The summed E-state index contributed by atoms with van der Waals surface area (Å²) in [4.78, 5) is 15.3. The van der Waals surface area contributed by atoms with Crippen LogP contribution in [0.4, 0.5) is 0 Å². The number of hydrogen-bond donors (Lipinski definition) is 1. The number of piperidine rings is 1. The van der Waals surface area contributed by atoms with Crippen molar-refractivity contribution < 1.29 is 9.53 Å². The van der Waals surface area contributed by atoms with Gasteiger partial charge in [-0.15, -0.1) is 5.10 Å². The van der Waals surface area contributed by atoms with Gasteiger partial charge in [-0.25, -0.2) is 4.68 Å². The van der Waals surface area contributed by atoms with Crippen molar-refractivity contribution in [3.05, 3.63) is 58.1 Å². The Hall–Kier alpha value is -2.77. The largest absolute Gasteiger partial charge is 0.466 e. The first-order chi connectivity index (χ1) is 19.0. The minimum atomic E-state index is -0.166. The maximum absolute atomic E-state index is 12.7. The van der Waals surface area contributed by atoms with Crippen molar-refractivity contribution >= 4 is 17.0 Å². The number of hydrogen-bond acceptors (Lipinski definition) is 6. The molecular formula is C32H45N5O2. The van der Waals surface area contributed by atoms with Crippen LogP contribution in [0, 0.1) is 12.8 Å². The second-order valence-corrected chi connectivity index (χ2v) is 11.6. The van der Waals surface area contributed by atoms with E-state index in [2.05, 4.69) is 69.4 Å². The van der Waals surface area contributed by atoms with Crippen molar-refractivity contribution in [2.45, 2.75) is 84.7 Å². The number of likely N-dealkylation sites (tertiary alicyclic amines) is 1. The molecule has 7 heteroatoms. The summed E-state index contributed by atoms with van der Waals surface area (Å²) in [6.07, 6.45) is 7.61. The zero-order chi connectivity index (χ0) is 27.2. The van der Waals surface area contributed by atoms with Crippen molar-refractivity contribution in [1.29, 1.82) is 0 Å². The van der Waals surface area contributed by atoms with Crippen LogP contribution in [0.5, 0.6) is 0 Å². The molecule has 1 saturated heterocycles. The van der Waals surface area contributed by atoms with Gasteiger partial charge in [-0.1, -0.05) is 42.8 Å².